The largest absolute Gasteiger partial charge is 0.495 e. The van der Waals surface area contributed by atoms with Crippen LogP contribution in [0.5, 0.6) is 0 Å². The van der Waals surface area contributed by atoms with E-state index in [9.17, 15) is 13.2 Å². The Bertz CT molecular complexity index is 955. The third-order valence-electron chi connectivity index (χ3n) is 3.99. The Hall–Kier alpha value is -3.55. The maximum atomic E-state index is 12.9. The predicted octanol–water partition coefficient (Wildman–Crippen LogP) is 8.40. The third kappa shape index (κ3) is 12.2. The van der Waals surface area contributed by atoms with Gasteiger partial charge in [0.25, 0.3) is 0 Å². The van der Waals surface area contributed by atoms with Crippen LogP contribution >= 0.6 is 0 Å². The molecule has 0 bridgehead atoms. The van der Waals surface area contributed by atoms with Crippen molar-refractivity contribution in [1.29, 1.82) is 0 Å². The van der Waals surface area contributed by atoms with E-state index in [0.717, 1.165) is 17.7 Å². The first-order valence-corrected chi connectivity index (χ1v) is 11.5. The second-order valence-corrected chi connectivity index (χ2v) is 6.64. The van der Waals surface area contributed by atoms with Crippen molar-refractivity contribution in [1.82, 2.24) is 0 Å². The van der Waals surface area contributed by atoms with Gasteiger partial charge in [0.15, 0.2) is 5.71 Å². The van der Waals surface area contributed by atoms with Gasteiger partial charge in [-0.05, 0) is 24.6 Å². The van der Waals surface area contributed by atoms with Gasteiger partial charge in [0.05, 0.1) is 18.4 Å². The summed E-state index contributed by atoms with van der Waals surface area (Å²) in [4.78, 5) is 10.2. The fourth-order valence-corrected chi connectivity index (χ4v) is 2.49. The van der Waals surface area contributed by atoms with Gasteiger partial charge in [-0.3, -0.25) is 0 Å². The summed E-state index contributed by atoms with van der Waals surface area (Å²) in [5.41, 5.74) is 1.69. The summed E-state index contributed by atoms with van der Waals surface area (Å²) in [6, 6.07) is 12.1. The molecule has 5 nitrogen and oxygen atoms in total. The molecule has 0 N–H and O–H groups in total. The van der Waals surface area contributed by atoms with Crippen LogP contribution in [-0.4, -0.2) is 25.6 Å². The summed E-state index contributed by atoms with van der Waals surface area (Å²) in [6.07, 6.45) is -3.17. The van der Waals surface area contributed by atoms with E-state index >= 15 is 0 Å². The monoisotopic (exact) mass is 508 g/mol. The second-order valence-electron chi connectivity index (χ2n) is 6.64. The molecular weight excluding hydrogens is 469 g/mol. The first-order valence-electron chi connectivity index (χ1n) is 11.5. The van der Waals surface area contributed by atoms with Crippen molar-refractivity contribution in [2.75, 3.05) is 14.2 Å². The number of allylic oxidation sites excluding steroid dienone is 1. The number of benzene rings is 2. The first kappa shape index (κ1) is 34.6. The summed E-state index contributed by atoms with van der Waals surface area (Å²) >= 11 is 0. The van der Waals surface area contributed by atoms with Crippen LogP contribution in [0.15, 0.2) is 84.3 Å². The number of hydrogen-bond donors (Lipinski definition) is 0. The SMILES string of the molecule is C=C.C=C(OC)/C(=N/OC)c1ccccc1CO/N=C(\C)c1cccc(C(F)(F)F)c1.CC.CCC. The molecule has 0 heterocycles. The van der Waals surface area contributed by atoms with Crippen molar-refractivity contribution >= 4 is 11.4 Å². The number of methoxy groups -OCH3 is 1. The van der Waals surface area contributed by atoms with Crippen LogP contribution in [0.25, 0.3) is 0 Å². The van der Waals surface area contributed by atoms with Crippen molar-refractivity contribution in [2.45, 2.75) is 53.8 Å². The van der Waals surface area contributed by atoms with E-state index < -0.39 is 11.7 Å². The quantitative estimate of drug-likeness (QED) is 0.156. The maximum absolute atomic E-state index is 12.9. The molecule has 0 aromatic heterocycles. The Morgan fingerprint density at radius 2 is 1.53 bits per heavy atom. The first-order chi connectivity index (χ1) is 17.2. The van der Waals surface area contributed by atoms with E-state index in [-0.39, 0.29) is 6.61 Å². The third-order valence-corrected chi connectivity index (χ3v) is 3.99. The lowest BCUT2D eigenvalue weighted by Gasteiger charge is -2.12. The molecule has 0 saturated carbocycles. The zero-order valence-corrected chi connectivity index (χ0v) is 22.4. The molecule has 0 fully saturated rings. The minimum atomic E-state index is -4.42. The van der Waals surface area contributed by atoms with Crippen molar-refractivity contribution < 1.29 is 27.6 Å². The van der Waals surface area contributed by atoms with Gasteiger partial charge in [-0.2, -0.15) is 13.2 Å². The Morgan fingerprint density at radius 3 is 2.06 bits per heavy atom. The molecular formula is C28H39F3N2O3. The molecule has 2 rings (SSSR count). The number of halogens is 3. The predicted molar refractivity (Wildman–Crippen MR) is 143 cm³/mol. The van der Waals surface area contributed by atoms with Crippen molar-refractivity contribution in [2.24, 2.45) is 10.3 Å². The highest BCUT2D eigenvalue weighted by Gasteiger charge is 2.30. The van der Waals surface area contributed by atoms with Crippen LogP contribution < -0.4 is 0 Å². The fourth-order valence-electron chi connectivity index (χ4n) is 2.49. The molecule has 0 aliphatic carbocycles. The van der Waals surface area contributed by atoms with Crippen LogP contribution in [0.2, 0.25) is 0 Å². The van der Waals surface area contributed by atoms with Crippen molar-refractivity contribution in [3.63, 3.8) is 0 Å². The van der Waals surface area contributed by atoms with Gasteiger partial charge in [-0.1, -0.05) is 87.4 Å². The van der Waals surface area contributed by atoms with Crippen LogP contribution in [0.4, 0.5) is 13.2 Å². The number of nitrogens with zero attached hydrogens (tertiary/aromatic N) is 2. The molecule has 2 aromatic rings. The lowest BCUT2D eigenvalue weighted by Crippen LogP contribution is -2.10. The molecule has 200 valence electrons. The van der Waals surface area contributed by atoms with E-state index in [1.807, 2.05) is 26.0 Å². The zero-order chi connectivity index (χ0) is 28.1. The number of ether oxygens (including phenoxy) is 1. The number of oxime groups is 2. The highest BCUT2D eigenvalue weighted by Crippen LogP contribution is 2.29. The van der Waals surface area contributed by atoms with Gasteiger partial charge in [-0.25, -0.2) is 0 Å². The molecule has 0 aliphatic heterocycles. The summed E-state index contributed by atoms with van der Waals surface area (Å²) in [5, 5.41) is 7.89. The summed E-state index contributed by atoms with van der Waals surface area (Å²) < 4.78 is 43.8. The van der Waals surface area contributed by atoms with Crippen LogP contribution in [0.3, 0.4) is 0 Å². The minimum absolute atomic E-state index is 0.0617. The van der Waals surface area contributed by atoms with Gasteiger partial charge in [-0.15, -0.1) is 13.2 Å². The molecule has 0 spiro atoms. The summed E-state index contributed by atoms with van der Waals surface area (Å²) in [6.45, 7) is 19.7. The molecule has 0 unspecified atom stereocenters. The Kier molecular flexibility index (Phi) is 19.0. The van der Waals surface area contributed by atoms with Crippen LogP contribution in [0.1, 0.15) is 63.3 Å². The van der Waals surface area contributed by atoms with E-state index in [1.165, 1.54) is 32.8 Å². The Morgan fingerprint density at radius 1 is 0.944 bits per heavy atom. The maximum Gasteiger partial charge on any atom is 0.416 e. The number of rotatable bonds is 8. The molecule has 8 heteroatoms. The van der Waals surface area contributed by atoms with E-state index in [4.69, 9.17) is 14.4 Å². The topological polar surface area (TPSA) is 52.4 Å². The fraction of sp³-hybridized carbons (Fsp3) is 0.357. The highest BCUT2D eigenvalue weighted by molar-refractivity contribution is 6.11. The van der Waals surface area contributed by atoms with Crippen LogP contribution in [0, 0.1) is 0 Å². The lowest BCUT2D eigenvalue weighted by molar-refractivity contribution is -0.137. The standard InChI is InChI=1S/C21H21F3N2O3.C3H8.C2H6.C2H4/c1-14(16-9-7-10-18(12-16)21(22,23)24)25-29-13-17-8-5-6-11-19(17)20(26-28-4)15(2)27-3;1-3-2;2*1-2/h5-12H,2,13H2,1,3-4H3;3H2,1-2H3;1-2H3;1-2H2/b25-14+,26-20-;;;. The average Bonchev–Trinajstić information content (AvgIpc) is 2.89. The van der Waals surface area contributed by atoms with E-state index in [0.29, 0.717) is 28.3 Å². The molecule has 36 heavy (non-hydrogen) atoms. The normalized spacial score (nSPS) is 10.8. The van der Waals surface area contributed by atoms with Gasteiger partial charge in [0.1, 0.15) is 19.5 Å². The molecule has 0 aliphatic rings. The van der Waals surface area contributed by atoms with Crippen molar-refractivity contribution in [3.05, 3.63) is 96.3 Å². The zero-order valence-electron chi connectivity index (χ0n) is 22.4. The van der Waals surface area contributed by atoms with Gasteiger partial charge < -0.3 is 14.4 Å². The molecule has 2 aromatic carbocycles. The van der Waals surface area contributed by atoms with Gasteiger partial charge >= 0.3 is 6.18 Å². The number of hydrogen-bond acceptors (Lipinski definition) is 5. The van der Waals surface area contributed by atoms with Crippen molar-refractivity contribution in [3.8, 4) is 0 Å². The van der Waals surface area contributed by atoms with Crippen LogP contribution in [-0.2, 0) is 27.2 Å². The molecule has 0 saturated heterocycles. The average molecular weight is 509 g/mol. The minimum Gasteiger partial charge on any atom is -0.495 e. The lowest BCUT2D eigenvalue weighted by atomic mass is 10.0. The smallest absolute Gasteiger partial charge is 0.416 e. The Labute approximate surface area is 214 Å². The summed E-state index contributed by atoms with van der Waals surface area (Å²) in [5.74, 6) is 0.308. The molecule has 0 radical (unpaired) electrons. The Balaban J connectivity index is 0. The molecule has 0 atom stereocenters. The number of alkyl halides is 3. The molecule has 0 amide bonds. The van der Waals surface area contributed by atoms with E-state index in [2.05, 4.69) is 43.9 Å². The highest BCUT2D eigenvalue weighted by atomic mass is 19.4. The summed E-state index contributed by atoms with van der Waals surface area (Å²) in [7, 11) is 2.88. The van der Waals surface area contributed by atoms with Gasteiger partial charge in [0, 0.05) is 11.1 Å². The van der Waals surface area contributed by atoms with E-state index in [1.54, 1.807) is 19.1 Å². The second kappa shape index (κ2) is 19.7. The van der Waals surface area contributed by atoms with Gasteiger partial charge in [0.2, 0.25) is 0 Å².